The first-order valence-corrected chi connectivity index (χ1v) is 9.15. The van der Waals surface area contributed by atoms with Crippen molar-refractivity contribution in [1.82, 2.24) is 14.8 Å². The zero-order chi connectivity index (χ0) is 18.9. The summed E-state index contributed by atoms with van der Waals surface area (Å²) in [5.41, 5.74) is -0.544. The number of aryl methyl sites for hydroxylation is 1. The second-order valence-electron chi connectivity index (χ2n) is 5.87. The third-order valence-electron chi connectivity index (χ3n) is 3.91. The Bertz CT molecular complexity index is 997. The molecule has 0 radical (unpaired) electrons. The molecule has 1 aliphatic rings. The van der Waals surface area contributed by atoms with Gasteiger partial charge in [-0.05, 0) is 19.1 Å². The molecule has 0 saturated carbocycles. The summed E-state index contributed by atoms with van der Waals surface area (Å²) in [7, 11) is -4.01. The summed E-state index contributed by atoms with van der Waals surface area (Å²) in [6.45, 7) is 1.40. The first-order chi connectivity index (χ1) is 12.3. The highest BCUT2D eigenvalue weighted by molar-refractivity contribution is 7.86. The minimum atomic E-state index is -4.01. The molecule has 140 valence electrons. The molecule has 11 heteroatoms. The zero-order valence-corrected chi connectivity index (χ0v) is 14.5. The van der Waals surface area contributed by atoms with Crippen LogP contribution in [-0.2, 0) is 19.0 Å². The van der Waals surface area contributed by atoms with E-state index < -0.39 is 46.4 Å². The third kappa shape index (κ3) is 3.90. The standard InChI is InChI=1S/C15H17N3O7S/c1-9-2-4-10(5-3-9)26(22,23)24-8-12-11(19)6-14(25-12)18-15(21)17-13(20)7-16-18/h2-5,7,11-12,14,19H,6,8H2,1H3,(H,17,20,21)/t11-,12+,14+/m0/s1. The number of nitrogens with one attached hydrogen (secondary N) is 1. The SMILES string of the molecule is Cc1ccc(S(=O)(=O)OC[C@H]2O[C@@H](n3ncc(=O)[nH]c3=O)C[C@@H]2O)cc1. The molecule has 0 amide bonds. The van der Waals surface area contributed by atoms with Crippen LogP contribution < -0.4 is 11.2 Å². The average Bonchev–Trinajstić information content (AvgIpc) is 2.94. The van der Waals surface area contributed by atoms with Crippen LogP contribution in [0.25, 0.3) is 0 Å². The molecule has 2 heterocycles. The molecule has 1 aromatic heterocycles. The number of nitrogens with zero attached hydrogens (tertiary/aromatic N) is 2. The number of aromatic amines is 1. The van der Waals surface area contributed by atoms with Crippen molar-refractivity contribution in [1.29, 1.82) is 0 Å². The summed E-state index contributed by atoms with van der Waals surface area (Å²) < 4.78 is 35.7. The van der Waals surface area contributed by atoms with Crippen LogP contribution in [0, 0.1) is 6.92 Å². The molecular formula is C15H17N3O7S. The Morgan fingerprint density at radius 2 is 2.04 bits per heavy atom. The number of aliphatic hydroxyl groups is 1. The fourth-order valence-corrected chi connectivity index (χ4v) is 3.43. The molecule has 1 fully saturated rings. The second kappa shape index (κ2) is 7.11. The molecular weight excluding hydrogens is 366 g/mol. The van der Waals surface area contributed by atoms with Gasteiger partial charge >= 0.3 is 5.69 Å². The number of ether oxygens (including phenoxy) is 1. The molecule has 0 bridgehead atoms. The number of aliphatic hydroxyl groups excluding tert-OH is 1. The Labute approximate surface area is 148 Å². The highest BCUT2D eigenvalue weighted by Crippen LogP contribution is 2.28. The van der Waals surface area contributed by atoms with Crippen molar-refractivity contribution < 1.29 is 22.4 Å². The lowest BCUT2D eigenvalue weighted by atomic mass is 10.2. The van der Waals surface area contributed by atoms with Gasteiger partial charge in [-0.3, -0.25) is 14.0 Å². The van der Waals surface area contributed by atoms with Crippen LogP contribution in [-0.4, -0.2) is 47.1 Å². The van der Waals surface area contributed by atoms with E-state index in [2.05, 4.69) is 5.10 Å². The van der Waals surface area contributed by atoms with Crippen molar-refractivity contribution in [3.8, 4) is 0 Å². The fourth-order valence-electron chi connectivity index (χ4n) is 2.51. The molecule has 1 saturated heterocycles. The lowest BCUT2D eigenvalue weighted by Gasteiger charge is -2.15. The van der Waals surface area contributed by atoms with Crippen molar-refractivity contribution in [2.24, 2.45) is 0 Å². The largest absolute Gasteiger partial charge is 0.390 e. The zero-order valence-electron chi connectivity index (χ0n) is 13.7. The number of hydrogen-bond acceptors (Lipinski definition) is 8. The van der Waals surface area contributed by atoms with Gasteiger partial charge in [0.2, 0.25) is 0 Å². The van der Waals surface area contributed by atoms with Crippen LogP contribution >= 0.6 is 0 Å². The van der Waals surface area contributed by atoms with Crippen molar-refractivity contribution in [2.45, 2.75) is 36.7 Å². The third-order valence-corrected chi connectivity index (χ3v) is 5.21. The topological polar surface area (TPSA) is 141 Å². The van der Waals surface area contributed by atoms with E-state index in [1.54, 1.807) is 12.1 Å². The van der Waals surface area contributed by atoms with Gasteiger partial charge in [0.05, 0.1) is 17.6 Å². The monoisotopic (exact) mass is 383 g/mol. The van der Waals surface area contributed by atoms with Crippen LogP contribution in [0.1, 0.15) is 18.2 Å². The summed E-state index contributed by atoms with van der Waals surface area (Å²) in [5, 5.41) is 13.7. The smallest absolute Gasteiger partial charge is 0.347 e. The van der Waals surface area contributed by atoms with E-state index in [9.17, 15) is 23.1 Å². The van der Waals surface area contributed by atoms with Crippen molar-refractivity contribution >= 4 is 10.1 Å². The molecule has 2 aromatic rings. The second-order valence-corrected chi connectivity index (χ2v) is 7.48. The average molecular weight is 383 g/mol. The number of benzene rings is 1. The summed E-state index contributed by atoms with van der Waals surface area (Å²) in [5.74, 6) is 0. The predicted molar refractivity (Wildman–Crippen MR) is 88.0 cm³/mol. The van der Waals surface area contributed by atoms with Crippen molar-refractivity contribution in [3.63, 3.8) is 0 Å². The molecule has 26 heavy (non-hydrogen) atoms. The van der Waals surface area contributed by atoms with Gasteiger partial charge in [0.1, 0.15) is 12.3 Å². The molecule has 3 atom stereocenters. The van der Waals surface area contributed by atoms with Crippen molar-refractivity contribution in [3.05, 3.63) is 56.9 Å². The highest BCUT2D eigenvalue weighted by Gasteiger charge is 2.37. The van der Waals surface area contributed by atoms with Gasteiger partial charge in [-0.25, -0.2) is 4.79 Å². The molecule has 1 aliphatic heterocycles. The Morgan fingerprint density at radius 3 is 2.69 bits per heavy atom. The van der Waals surface area contributed by atoms with E-state index in [-0.39, 0.29) is 11.3 Å². The van der Waals surface area contributed by atoms with E-state index in [1.807, 2.05) is 11.9 Å². The molecule has 0 unspecified atom stereocenters. The Hall–Kier alpha value is -2.34. The first-order valence-electron chi connectivity index (χ1n) is 7.74. The summed E-state index contributed by atoms with van der Waals surface area (Å²) in [6.07, 6.45) is -2.07. The highest BCUT2D eigenvalue weighted by atomic mass is 32.2. The predicted octanol–water partition coefficient (Wildman–Crippen LogP) is -0.706. The summed E-state index contributed by atoms with van der Waals surface area (Å²) >= 11 is 0. The van der Waals surface area contributed by atoms with Crippen LogP contribution in [0.2, 0.25) is 0 Å². The summed E-state index contributed by atoms with van der Waals surface area (Å²) in [4.78, 5) is 24.8. The lowest BCUT2D eigenvalue weighted by Crippen LogP contribution is -2.34. The number of H-pyrrole nitrogens is 1. The van der Waals surface area contributed by atoms with Gasteiger partial charge in [-0.1, -0.05) is 17.7 Å². The van der Waals surface area contributed by atoms with E-state index in [0.29, 0.717) is 0 Å². The van der Waals surface area contributed by atoms with Gasteiger partial charge in [-0.15, -0.1) is 0 Å². The van der Waals surface area contributed by atoms with E-state index >= 15 is 0 Å². The molecule has 3 rings (SSSR count). The minimum absolute atomic E-state index is 0.00242. The fraction of sp³-hybridized carbons (Fsp3) is 0.400. The normalized spacial score (nSPS) is 23.2. The van der Waals surface area contributed by atoms with Gasteiger partial charge in [0, 0.05) is 6.42 Å². The Morgan fingerprint density at radius 1 is 1.35 bits per heavy atom. The number of aromatic nitrogens is 3. The van der Waals surface area contributed by atoms with Crippen LogP contribution in [0.3, 0.4) is 0 Å². The molecule has 0 aliphatic carbocycles. The molecule has 2 N–H and O–H groups in total. The van der Waals surface area contributed by atoms with Gasteiger partial charge in [-0.2, -0.15) is 18.2 Å². The Balaban J connectivity index is 1.68. The summed E-state index contributed by atoms with van der Waals surface area (Å²) in [6, 6.07) is 6.12. The Kier molecular flexibility index (Phi) is 5.05. The minimum Gasteiger partial charge on any atom is -0.390 e. The van der Waals surface area contributed by atoms with Gasteiger partial charge in [0.25, 0.3) is 15.7 Å². The van der Waals surface area contributed by atoms with Crippen LogP contribution in [0.4, 0.5) is 0 Å². The molecule has 1 aromatic carbocycles. The maximum Gasteiger partial charge on any atom is 0.347 e. The van der Waals surface area contributed by atoms with Crippen LogP contribution in [0.5, 0.6) is 0 Å². The molecule has 10 nitrogen and oxygen atoms in total. The quantitative estimate of drug-likeness (QED) is 0.646. The maximum absolute atomic E-state index is 12.2. The first kappa shape index (κ1) is 18.5. The molecule has 0 spiro atoms. The van der Waals surface area contributed by atoms with Crippen LogP contribution in [0.15, 0.2) is 44.9 Å². The van der Waals surface area contributed by atoms with E-state index in [4.69, 9.17) is 8.92 Å². The lowest BCUT2D eigenvalue weighted by molar-refractivity contribution is -0.0450. The van der Waals surface area contributed by atoms with E-state index in [1.165, 1.54) is 12.1 Å². The maximum atomic E-state index is 12.2. The van der Waals surface area contributed by atoms with Gasteiger partial charge < -0.3 is 9.84 Å². The van der Waals surface area contributed by atoms with Gasteiger partial charge in [0.15, 0.2) is 6.23 Å². The van der Waals surface area contributed by atoms with Crippen molar-refractivity contribution in [2.75, 3.05) is 6.61 Å². The number of hydrogen-bond donors (Lipinski definition) is 2. The van der Waals surface area contributed by atoms with E-state index in [0.717, 1.165) is 16.4 Å². The number of rotatable bonds is 5.